The van der Waals surface area contributed by atoms with Crippen LogP contribution in [0.15, 0.2) is 156 Å². The first-order valence-corrected chi connectivity index (χ1v) is 14.2. The molecular formula is C38H24N4O2. The maximum Gasteiger partial charge on any atom is 0.181 e. The lowest BCUT2D eigenvalue weighted by Crippen LogP contribution is -1.98. The summed E-state index contributed by atoms with van der Waals surface area (Å²) in [6.45, 7) is 0. The van der Waals surface area contributed by atoms with Crippen LogP contribution >= 0.6 is 0 Å². The molecule has 4 aromatic carbocycles. The van der Waals surface area contributed by atoms with Gasteiger partial charge in [0.05, 0.1) is 12.4 Å². The Morgan fingerprint density at radius 2 is 0.750 bits per heavy atom. The number of hydrogen-bond acceptors (Lipinski definition) is 6. The van der Waals surface area contributed by atoms with E-state index in [9.17, 15) is 0 Å². The minimum absolute atomic E-state index is 0.667. The Bertz CT molecular complexity index is 2050. The van der Waals surface area contributed by atoms with Gasteiger partial charge in [-0.3, -0.25) is 9.97 Å². The Labute approximate surface area is 253 Å². The van der Waals surface area contributed by atoms with E-state index in [1.807, 2.05) is 36.9 Å². The van der Waals surface area contributed by atoms with Crippen molar-refractivity contribution >= 4 is 10.8 Å². The highest BCUT2D eigenvalue weighted by Gasteiger charge is 2.24. The van der Waals surface area contributed by atoms with Gasteiger partial charge in [-0.25, -0.2) is 9.97 Å². The Morgan fingerprint density at radius 1 is 0.341 bits per heavy atom. The first kappa shape index (κ1) is 25.6. The van der Waals surface area contributed by atoms with E-state index in [1.165, 1.54) is 12.8 Å². The number of fused-ring (bicyclic) bond motifs is 1. The minimum Gasteiger partial charge on any atom is -0.443 e. The molecule has 8 rings (SSSR count). The molecule has 4 aromatic heterocycles. The van der Waals surface area contributed by atoms with Crippen molar-refractivity contribution in [3.63, 3.8) is 0 Å². The van der Waals surface area contributed by atoms with Crippen LogP contribution in [0.3, 0.4) is 0 Å². The summed E-state index contributed by atoms with van der Waals surface area (Å²) in [7, 11) is 0. The molecule has 0 bridgehead atoms. The summed E-state index contributed by atoms with van der Waals surface area (Å²) in [6, 6.07) is 33.9. The van der Waals surface area contributed by atoms with Crippen LogP contribution in [0.2, 0.25) is 0 Å². The minimum atomic E-state index is 0.667. The highest BCUT2D eigenvalue weighted by Crippen LogP contribution is 2.51. The normalized spacial score (nSPS) is 11.2. The molecule has 0 aliphatic carbocycles. The molecule has 208 valence electrons. The zero-order valence-corrected chi connectivity index (χ0v) is 23.5. The van der Waals surface area contributed by atoms with Gasteiger partial charge in [0.15, 0.2) is 24.3 Å². The number of pyridine rings is 2. The zero-order chi connectivity index (χ0) is 29.3. The number of rotatable bonds is 6. The summed E-state index contributed by atoms with van der Waals surface area (Å²) in [5.74, 6) is 1.33. The first-order chi connectivity index (χ1) is 21.8. The number of oxazole rings is 2. The summed E-state index contributed by atoms with van der Waals surface area (Å²) in [5.41, 5.74) is 10.2. The maximum absolute atomic E-state index is 5.65. The second-order valence-corrected chi connectivity index (χ2v) is 10.4. The molecule has 0 amide bonds. The van der Waals surface area contributed by atoms with Gasteiger partial charge in [-0.15, -0.1) is 0 Å². The highest BCUT2D eigenvalue weighted by molar-refractivity contribution is 6.18. The highest BCUT2D eigenvalue weighted by atomic mass is 16.3. The predicted octanol–water partition coefficient (Wildman–Crippen LogP) is 9.61. The van der Waals surface area contributed by atoms with Crippen LogP contribution in [0.4, 0.5) is 0 Å². The van der Waals surface area contributed by atoms with Crippen molar-refractivity contribution in [3.8, 4) is 67.2 Å². The summed E-state index contributed by atoms with van der Waals surface area (Å²) < 4.78 is 11.3. The average Bonchev–Trinajstić information content (AvgIpc) is 3.84. The van der Waals surface area contributed by atoms with E-state index >= 15 is 0 Å². The van der Waals surface area contributed by atoms with Gasteiger partial charge in [-0.05, 0) is 56.3 Å². The molecule has 0 spiro atoms. The van der Waals surface area contributed by atoms with E-state index in [1.54, 1.807) is 12.4 Å². The van der Waals surface area contributed by atoms with Crippen molar-refractivity contribution in [1.29, 1.82) is 0 Å². The average molecular weight is 569 g/mol. The molecule has 0 saturated carbocycles. The second-order valence-electron chi connectivity index (χ2n) is 10.4. The molecule has 4 heterocycles. The van der Waals surface area contributed by atoms with Crippen LogP contribution in [0.5, 0.6) is 0 Å². The van der Waals surface area contributed by atoms with Crippen LogP contribution in [0.1, 0.15) is 0 Å². The van der Waals surface area contributed by atoms with Crippen LogP contribution in [0.25, 0.3) is 77.9 Å². The molecule has 44 heavy (non-hydrogen) atoms. The SMILES string of the molecule is c1ccc(-c2c(-c3ccccc3)c(-c3cncc(-c4cnco4)c3)c3ccccc3c2-c2cncc(-c3cnco3)c2)cc1. The molecule has 6 nitrogen and oxygen atoms in total. The van der Waals surface area contributed by atoms with Gasteiger partial charge in [0.25, 0.3) is 0 Å². The van der Waals surface area contributed by atoms with Crippen LogP contribution in [0, 0.1) is 0 Å². The van der Waals surface area contributed by atoms with Gasteiger partial charge in [-0.2, -0.15) is 0 Å². The lowest BCUT2D eigenvalue weighted by Gasteiger charge is -2.24. The van der Waals surface area contributed by atoms with Crippen molar-refractivity contribution in [2.75, 3.05) is 0 Å². The zero-order valence-electron chi connectivity index (χ0n) is 23.5. The molecular weight excluding hydrogens is 544 g/mol. The fraction of sp³-hybridized carbons (Fsp3) is 0. The first-order valence-electron chi connectivity index (χ1n) is 14.2. The van der Waals surface area contributed by atoms with E-state index in [-0.39, 0.29) is 0 Å². The Kier molecular flexibility index (Phi) is 6.35. The second kappa shape index (κ2) is 10.9. The summed E-state index contributed by atoms with van der Waals surface area (Å²) in [5, 5.41) is 2.20. The number of aromatic nitrogens is 4. The molecule has 0 aliphatic heterocycles. The van der Waals surface area contributed by atoms with Crippen molar-refractivity contribution in [3.05, 3.63) is 147 Å². The molecule has 0 N–H and O–H groups in total. The van der Waals surface area contributed by atoms with E-state index in [2.05, 4.69) is 105 Å². The molecule has 0 saturated heterocycles. The summed E-state index contributed by atoms with van der Waals surface area (Å²) >= 11 is 0. The topological polar surface area (TPSA) is 77.8 Å². The van der Waals surface area contributed by atoms with Crippen molar-refractivity contribution in [2.24, 2.45) is 0 Å². The quantitative estimate of drug-likeness (QED) is 0.199. The molecule has 0 atom stereocenters. The molecule has 0 fully saturated rings. The predicted molar refractivity (Wildman–Crippen MR) is 172 cm³/mol. The maximum atomic E-state index is 5.65. The number of hydrogen-bond donors (Lipinski definition) is 0. The summed E-state index contributed by atoms with van der Waals surface area (Å²) in [4.78, 5) is 17.6. The Balaban J connectivity index is 1.54. The monoisotopic (exact) mass is 568 g/mol. The number of benzene rings is 4. The molecule has 6 heteroatoms. The Hall–Kier alpha value is -6.14. The van der Waals surface area contributed by atoms with Gasteiger partial charge in [0, 0.05) is 47.0 Å². The van der Waals surface area contributed by atoms with Gasteiger partial charge in [0.2, 0.25) is 0 Å². The number of nitrogens with zero attached hydrogens (tertiary/aromatic N) is 4. The van der Waals surface area contributed by atoms with Gasteiger partial charge in [-0.1, -0.05) is 84.9 Å². The fourth-order valence-corrected chi connectivity index (χ4v) is 5.96. The van der Waals surface area contributed by atoms with Gasteiger partial charge < -0.3 is 8.83 Å². The molecule has 0 radical (unpaired) electrons. The molecule has 0 unspecified atom stereocenters. The van der Waals surface area contributed by atoms with Gasteiger partial charge in [0.1, 0.15) is 0 Å². The summed E-state index contributed by atoms with van der Waals surface area (Å²) in [6.07, 6.45) is 13.8. The smallest absolute Gasteiger partial charge is 0.181 e. The van der Waals surface area contributed by atoms with E-state index < -0.39 is 0 Å². The van der Waals surface area contributed by atoms with Crippen LogP contribution in [-0.4, -0.2) is 19.9 Å². The third-order valence-electron chi connectivity index (χ3n) is 7.83. The lowest BCUT2D eigenvalue weighted by atomic mass is 9.79. The van der Waals surface area contributed by atoms with Crippen LogP contribution < -0.4 is 0 Å². The lowest BCUT2D eigenvalue weighted by molar-refractivity contribution is 0.571. The third-order valence-corrected chi connectivity index (χ3v) is 7.83. The fourth-order valence-electron chi connectivity index (χ4n) is 5.96. The van der Waals surface area contributed by atoms with Crippen molar-refractivity contribution < 1.29 is 8.83 Å². The molecule has 8 aromatic rings. The Morgan fingerprint density at radius 3 is 1.16 bits per heavy atom. The standard InChI is InChI=1S/C38H24N4O2/c1-3-9-25(10-4-1)37-35(29-15-27(17-39-19-29)33-21-41-23-43-33)31-13-7-8-14-32(31)36(38(37)26-11-5-2-6-12-26)30-16-28(18-40-20-30)34-22-42-24-44-34/h1-24H. The van der Waals surface area contributed by atoms with E-state index in [4.69, 9.17) is 8.83 Å². The largest absolute Gasteiger partial charge is 0.443 e. The van der Waals surface area contributed by atoms with E-state index in [0.29, 0.717) is 11.5 Å². The molecule has 0 aliphatic rings. The third kappa shape index (κ3) is 4.46. The van der Waals surface area contributed by atoms with Crippen molar-refractivity contribution in [2.45, 2.75) is 0 Å². The van der Waals surface area contributed by atoms with E-state index in [0.717, 1.165) is 66.4 Å². The van der Waals surface area contributed by atoms with Crippen LogP contribution in [-0.2, 0) is 0 Å². The van der Waals surface area contributed by atoms with Gasteiger partial charge >= 0.3 is 0 Å². The van der Waals surface area contributed by atoms with Crippen molar-refractivity contribution in [1.82, 2.24) is 19.9 Å².